The van der Waals surface area contributed by atoms with Crippen molar-refractivity contribution >= 4 is 43.9 Å². The predicted molar refractivity (Wildman–Crippen MR) is 252 cm³/mol. The number of fused-ring (bicyclic) bond motifs is 8. The van der Waals surface area contributed by atoms with Gasteiger partial charge in [-0.15, -0.1) is 0 Å². The fraction of sp³-hybridized carbons (Fsp3) is 0.509. The highest BCUT2D eigenvalue weighted by molar-refractivity contribution is 6.73. The van der Waals surface area contributed by atoms with E-state index in [1.807, 2.05) is 26.8 Å². The quantitative estimate of drug-likeness (QED) is 0.0530. The van der Waals surface area contributed by atoms with Crippen LogP contribution >= 0.6 is 0 Å². The highest BCUT2D eigenvalue weighted by atomic mass is 28.4. The van der Waals surface area contributed by atoms with Crippen LogP contribution in [0, 0.1) is 16.7 Å². The van der Waals surface area contributed by atoms with Crippen LogP contribution in [0.1, 0.15) is 101 Å². The molecule has 15 nitrogen and oxygen atoms in total. The second-order valence-electron chi connectivity index (χ2n) is 19.9. The molecule has 3 aromatic rings. The Morgan fingerprint density at radius 1 is 0.797 bits per heavy atom. The number of rotatable bonds is 15. The van der Waals surface area contributed by atoms with Crippen molar-refractivity contribution in [3.05, 3.63) is 119 Å². The molecule has 12 atom stereocenters. The van der Waals surface area contributed by atoms with Gasteiger partial charge in [0.25, 0.3) is 5.91 Å². The van der Waals surface area contributed by atoms with E-state index in [0.717, 1.165) is 0 Å². The maximum Gasteiger partial charge on any atom is 0.338 e. The maximum absolute atomic E-state index is 15.9. The molecule has 2 bridgehead atoms. The molecule has 0 radical (unpaired) electrons. The van der Waals surface area contributed by atoms with Crippen LogP contribution in [0.3, 0.4) is 0 Å². The van der Waals surface area contributed by atoms with Crippen molar-refractivity contribution in [3.8, 4) is 0 Å². The molecule has 3 aliphatic carbocycles. The second-order valence-corrected chi connectivity index (χ2v) is 24.6. The molecule has 16 heteroatoms. The van der Waals surface area contributed by atoms with Crippen molar-refractivity contribution < 1.29 is 66.7 Å². The molecule has 3 aromatic carbocycles. The Morgan fingerprint density at radius 2 is 1.38 bits per heavy atom. The first-order valence-corrected chi connectivity index (χ1v) is 26.4. The van der Waals surface area contributed by atoms with Gasteiger partial charge in [0, 0.05) is 31.2 Å². The van der Waals surface area contributed by atoms with Gasteiger partial charge in [-0.05, 0) is 73.0 Å². The van der Waals surface area contributed by atoms with Crippen molar-refractivity contribution in [2.45, 2.75) is 147 Å². The smallest absolute Gasteiger partial charge is 0.338 e. The first-order chi connectivity index (χ1) is 32.7. The summed E-state index contributed by atoms with van der Waals surface area (Å²) in [5, 5.41) is 17.2. The average molecular weight is 966 g/mol. The van der Waals surface area contributed by atoms with Crippen molar-refractivity contribution in [3.63, 3.8) is 0 Å². The molecule has 2 N–H and O–H groups in total. The van der Waals surface area contributed by atoms with Crippen LogP contribution in [0.15, 0.2) is 102 Å². The summed E-state index contributed by atoms with van der Waals surface area (Å²) in [6.07, 6.45) is -9.13. The minimum absolute atomic E-state index is 0.134. The third-order valence-electron chi connectivity index (χ3n) is 16.0. The summed E-state index contributed by atoms with van der Waals surface area (Å²) in [5.41, 5.74) is -5.81. The molecule has 8 rings (SSSR count). The first-order valence-electron chi connectivity index (χ1n) is 23.9. The van der Waals surface area contributed by atoms with E-state index in [2.05, 4.69) is 5.32 Å². The van der Waals surface area contributed by atoms with Crippen LogP contribution in [0.2, 0.25) is 18.1 Å². The summed E-state index contributed by atoms with van der Waals surface area (Å²) in [4.78, 5) is 86.5. The lowest BCUT2D eigenvalue weighted by molar-refractivity contribution is -0.325. The van der Waals surface area contributed by atoms with Crippen molar-refractivity contribution in [2.75, 3.05) is 6.61 Å². The van der Waals surface area contributed by atoms with E-state index in [0.29, 0.717) is 34.8 Å². The van der Waals surface area contributed by atoms with Crippen LogP contribution in [0.5, 0.6) is 0 Å². The molecule has 5 aliphatic rings. The average Bonchev–Trinajstić information content (AvgIpc) is 4.12. The van der Waals surface area contributed by atoms with Gasteiger partial charge in [-0.1, -0.05) is 101 Å². The van der Waals surface area contributed by atoms with Crippen LogP contribution in [-0.4, -0.2) is 110 Å². The molecule has 1 amide bonds. The number of ether oxygens (including phenoxy) is 6. The highest BCUT2D eigenvalue weighted by Gasteiger charge is 2.84. The standard InChI is InChI=1S/C53H63NO14Si/c1-10-69(11-2,12-3)68-40(38(33-22-16-13-17-23-33)54-47(58)34-24-18-14-19-25-34)49(60)64-36-28-53(61)46(66-48(59)35-26-20-15-21-27-35)42-51(9,44-41(65-44)45-52(42,29-62-45)67-32(6)56)43(57)39(63-31(5)55)37(30(36)4)50(53,7)8/h13-27,36,38-42,44-46,61H,10-12,28-29H2,1-9H3,(H,54,58)/t36-,38-,39+,40+,41-,42-,44+,45+,46-,51+,52+,53+/m0/s1. The number of Topliss-reactive ketones (excluding diaryl/α,β-unsaturated/α-hetero) is 1. The number of hydrogen-bond acceptors (Lipinski definition) is 14. The Labute approximate surface area is 403 Å². The minimum Gasteiger partial charge on any atom is -0.456 e. The Kier molecular flexibility index (Phi) is 13.5. The highest BCUT2D eigenvalue weighted by Crippen LogP contribution is 2.68. The van der Waals surface area contributed by atoms with Gasteiger partial charge in [-0.25, -0.2) is 9.59 Å². The number of ketones is 1. The van der Waals surface area contributed by atoms with E-state index in [1.54, 1.807) is 113 Å². The van der Waals surface area contributed by atoms with Gasteiger partial charge in [0.1, 0.15) is 30.0 Å². The summed E-state index contributed by atoms with van der Waals surface area (Å²) in [5.74, 6) is -5.72. The lowest BCUT2D eigenvalue weighted by Gasteiger charge is -2.65. The number of hydrogen-bond donors (Lipinski definition) is 2. The first kappa shape index (κ1) is 49.9. The van der Waals surface area contributed by atoms with Gasteiger partial charge >= 0.3 is 23.9 Å². The molecule has 2 aliphatic heterocycles. The van der Waals surface area contributed by atoms with Gasteiger partial charge in [0.05, 0.1) is 35.6 Å². The summed E-state index contributed by atoms with van der Waals surface area (Å²) < 4.78 is 45.0. The van der Waals surface area contributed by atoms with E-state index < -0.39 is 127 Å². The van der Waals surface area contributed by atoms with E-state index in [9.17, 15) is 24.3 Å². The summed E-state index contributed by atoms with van der Waals surface area (Å²) in [6.45, 7) is 14.8. The van der Waals surface area contributed by atoms with E-state index in [-0.39, 0.29) is 17.7 Å². The van der Waals surface area contributed by atoms with E-state index >= 15 is 9.59 Å². The zero-order valence-corrected chi connectivity index (χ0v) is 41.6. The third kappa shape index (κ3) is 8.34. The fourth-order valence-electron chi connectivity index (χ4n) is 11.9. The number of aliphatic hydroxyl groups is 1. The Balaban J connectivity index is 1.32. The Bertz CT molecular complexity index is 2510. The van der Waals surface area contributed by atoms with Crippen LogP contribution in [-0.2, 0) is 52.0 Å². The molecule has 69 heavy (non-hydrogen) atoms. The molecule has 0 aromatic heterocycles. The molecule has 4 fully saturated rings. The Morgan fingerprint density at radius 3 is 1.91 bits per heavy atom. The largest absolute Gasteiger partial charge is 0.456 e. The third-order valence-corrected chi connectivity index (χ3v) is 20.6. The topological polar surface area (TPSA) is 203 Å². The van der Waals surface area contributed by atoms with Crippen molar-refractivity contribution in [1.29, 1.82) is 0 Å². The number of epoxide rings is 1. The second kappa shape index (κ2) is 18.7. The number of nitrogens with one attached hydrogen (secondary N) is 1. The molecule has 2 saturated carbocycles. The fourth-order valence-corrected chi connectivity index (χ4v) is 14.7. The minimum atomic E-state index is -2.73. The monoisotopic (exact) mass is 965 g/mol. The lowest BCUT2D eigenvalue weighted by Crippen LogP contribution is -2.81. The van der Waals surface area contributed by atoms with Crippen LogP contribution < -0.4 is 5.32 Å². The molecular formula is C53H63NO14Si. The predicted octanol–water partition coefficient (Wildman–Crippen LogP) is 6.78. The van der Waals surface area contributed by atoms with Crippen molar-refractivity contribution in [2.24, 2.45) is 16.7 Å². The number of esters is 4. The summed E-state index contributed by atoms with van der Waals surface area (Å²) in [7, 11) is -2.73. The van der Waals surface area contributed by atoms with Crippen molar-refractivity contribution in [1.82, 2.24) is 5.32 Å². The SMILES string of the molecule is CC[Si](CC)(CC)O[C@@H](C(=O)O[C@H]1C[C@@]2(O)[C@@H](OC(=O)c3ccccc3)[C@@H]3[C@]4(OC(C)=O)CO[C@@H]4[C@H]4O[C@H]4[C@@]3(C)C(=O)[C@H](OC(C)=O)C(=C1C)C2(C)C)[C@@H](NC(=O)c1ccccc1)c1ccccc1. The van der Waals surface area contributed by atoms with E-state index in [1.165, 1.54) is 13.8 Å². The molecule has 2 heterocycles. The maximum atomic E-state index is 15.9. The molecule has 0 spiro atoms. The van der Waals surface area contributed by atoms with Crippen LogP contribution in [0.4, 0.5) is 0 Å². The molecule has 368 valence electrons. The van der Waals surface area contributed by atoms with E-state index in [4.69, 9.17) is 32.8 Å². The number of carbonyl (C=O) groups excluding carboxylic acids is 6. The summed E-state index contributed by atoms with van der Waals surface area (Å²) >= 11 is 0. The molecule has 0 unspecified atom stereocenters. The van der Waals surface area contributed by atoms with Gasteiger partial charge in [-0.3, -0.25) is 19.2 Å². The number of carbonyl (C=O) groups is 6. The summed E-state index contributed by atoms with van der Waals surface area (Å²) in [6, 6.07) is 26.5. The zero-order valence-electron chi connectivity index (χ0n) is 40.6. The number of amides is 1. The van der Waals surface area contributed by atoms with Gasteiger partial charge in [0.15, 0.2) is 31.9 Å². The van der Waals surface area contributed by atoms with Gasteiger partial charge < -0.3 is 43.3 Å². The normalized spacial score (nSPS) is 31.6. The lowest BCUT2D eigenvalue weighted by atomic mass is 9.45. The van der Waals surface area contributed by atoms with Gasteiger partial charge in [0.2, 0.25) is 0 Å². The zero-order chi connectivity index (χ0) is 49.8. The van der Waals surface area contributed by atoms with Crippen LogP contribution in [0.25, 0.3) is 0 Å². The Hall–Kier alpha value is -5.52. The molecule has 2 saturated heterocycles. The van der Waals surface area contributed by atoms with Gasteiger partial charge in [-0.2, -0.15) is 0 Å². The molecular weight excluding hydrogens is 903 g/mol. The number of benzene rings is 3.